The molecule has 3 rings (SSSR count). The van der Waals surface area contributed by atoms with E-state index < -0.39 is 5.60 Å². The van der Waals surface area contributed by atoms with Gasteiger partial charge in [-0.15, -0.1) is 0 Å². The normalized spacial score (nSPS) is 21.5. The summed E-state index contributed by atoms with van der Waals surface area (Å²) in [6.45, 7) is 3.45. The molecular formula is C16H19N3O2. The minimum atomic E-state index is -0.839. The van der Waals surface area contributed by atoms with Crippen molar-refractivity contribution in [2.75, 3.05) is 24.6 Å². The van der Waals surface area contributed by atoms with Gasteiger partial charge in [0.2, 0.25) is 0 Å². The summed E-state index contributed by atoms with van der Waals surface area (Å²) in [7, 11) is 0. The van der Waals surface area contributed by atoms with Crippen LogP contribution in [0.2, 0.25) is 0 Å². The minimum absolute atomic E-state index is 0.289. The van der Waals surface area contributed by atoms with Crippen LogP contribution < -0.4 is 9.64 Å². The summed E-state index contributed by atoms with van der Waals surface area (Å²) < 4.78 is 5.69. The molecular weight excluding hydrogens is 266 g/mol. The van der Waals surface area contributed by atoms with E-state index in [1.807, 2.05) is 43.3 Å². The highest BCUT2D eigenvalue weighted by molar-refractivity contribution is 5.40. The van der Waals surface area contributed by atoms with E-state index in [1.165, 1.54) is 0 Å². The third-order valence-corrected chi connectivity index (χ3v) is 3.67. The van der Waals surface area contributed by atoms with E-state index >= 15 is 0 Å². The SMILES string of the molecule is Cc1nccc(N2CC[C@@](O)(COc3ccccc3)C2)n1. The van der Waals surface area contributed by atoms with Crippen molar-refractivity contribution in [3.8, 4) is 5.75 Å². The molecule has 1 aliphatic rings. The van der Waals surface area contributed by atoms with Gasteiger partial charge in [0, 0.05) is 12.7 Å². The van der Waals surface area contributed by atoms with Crippen molar-refractivity contribution in [1.29, 1.82) is 0 Å². The van der Waals surface area contributed by atoms with Crippen LogP contribution in [0.1, 0.15) is 12.2 Å². The monoisotopic (exact) mass is 285 g/mol. The topological polar surface area (TPSA) is 58.5 Å². The predicted octanol–water partition coefficient (Wildman–Crippen LogP) is 1.81. The maximum absolute atomic E-state index is 10.6. The lowest BCUT2D eigenvalue weighted by molar-refractivity contribution is 0.0144. The van der Waals surface area contributed by atoms with Gasteiger partial charge in [-0.3, -0.25) is 0 Å². The first kappa shape index (κ1) is 13.8. The number of anilines is 1. The number of rotatable bonds is 4. The Bertz CT molecular complexity index is 605. The van der Waals surface area contributed by atoms with E-state index in [9.17, 15) is 5.11 Å². The zero-order valence-electron chi connectivity index (χ0n) is 12.1. The number of nitrogens with zero attached hydrogens (tertiary/aromatic N) is 3. The number of aliphatic hydroxyl groups is 1. The van der Waals surface area contributed by atoms with E-state index in [0.717, 1.165) is 23.9 Å². The molecule has 5 heteroatoms. The van der Waals surface area contributed by atoms with Crippen molar-refractivity contribution in [3.63, 3.8) is 0 Å². The Morgan fingerprint density at radius 2 is 2.10 bits per heavy atom. The maximum atomic E-state index is 10.6. The first-order valence-corrected chi connectivity index (χ1v) is 7.09. The van der Waals surface area contributed by atoms with Gasteiger partial charge >= 0.3 is 0 Å². The van der Waals surface area contributed by atoms with Crippen molar-refractivity contribution >= 4 is 5.82 Å². The van der Waals surface area contributed by atoms with Crippen LogP contribution in [0, 0.1) is 6.92 Å². The zero-order valence-corrected chi connectivity index (χ0v) is 12.1. The van der Waals surface area contributed by atoms with Crippen molar-refractivity contribution in [2.45, 2.75) is 18.9 Å². The summed E-state index contributed by atoms with van der Waals surface area (Å²) in [4.78, 5) is 10.6. The maximum Gasteiger partial charge on any atom is 0.132 e. The van der Waals surface area contributed by atoms with Crippen LogP contribution >= 0.6 is 0 Å². The number of benzene rings is 1. The van der Waals surface area contributed by atoms with Crippen LogP contribution in [-0.2, 0) is 0 Å². The first-order valence-electron chi connectivity index (χ1n) is 7.09. The highest BCUT2D eigenvalue weighted by Gasteiger charge is 2.37. The lowest BCUT2D eigenvalue weighted by atomic mass is 10.1. The predicted molar refractivity (Wildman–Crippen MR) is 80.5 cm³/mol. The molecule has 1 N–H and O–H groups in total. The van der Waals surface area contributed by atoms with E-state index in [0.29, 0.717) is 13.0 Å². The molecule has 0 saturated carbocycles. The zero-order chi connectivity index (χ0) is 14.7. The molecule has 5 nitrogen and oxygen atoms in total. The molecule has 21 heavy (non-hydrogen) atoms. The number of aromatic nitrogens is 2. The average Bonchev–Trinajstić information content (AvgIpc) is 2.90. The summed E-state index contributed by atoms with van der Waals surface area (Å²) >= 11 is 0. The number of ether oxygens (including phenoxy) is 1. The van der Waals surface area contributed by atoms with Crippen LogP contribution in [0.25, 0.3) is 0 Å². The van der Waals surface area contributed by atoms with Gasteiger partial charge in [0.1, 0.15) is 29.6 Å². The second-order valence-corrected chi connectivity index (χ2v) is 5.46. The molecule has 1 atom stereocenters. The number of β-amino-alcohol motifs (C(OH)–C–C–N with tert-alkyl or cyclic N) is 1. The van der Waals surface area contributed by atoms with Crippen LogP contribution in [0.3, 0.4) is 0 Å². The molecule has 1 aliphatic heterocycles. The molecule has 0 amide bonds. The standard InChI is InChI=1S/C16H19N3O2/c1-13-17-9-7-15(18-13)19-10-8-16(20,11-19)12-21-14-5-3-2-4-6-14/h2-7,9,20H,8,10-12H2,1H3/t16-/m0/s1. The van der Waals surface area contributed by atoms with Gasteiger partial charge in [0.15, 0.2) is 0 Å². The lowest BCUT2D eigenvalue weighted by Gasteiger charge is -2.24. The van der Waals surface area contributed by atoms with Gasteiger partial charge in [-0.05, 0) is 31.5 Å². The third kappa shape index (κ3) is 3.31. The Morgan fingerprint density at radius 3 is 2.86 bits per heavy atom. The highest BCUT2D eigenvalue weighted by Crippen LogP contribution is 2.26. The Kier molecular flexibility index (Phi) is 3.75. The molecule has 0 aliphatic carbocycles. The third-order valence-electron chi connectivity index (χ3n) is 3.67. The number of para-hydroxylation sites is 1. The summed E-state index contributed by atoms with van der Waals surface area (Å²) in [5, 5.41) is 10.6. The lowest BCUT2D eigenvalue weighted by Crippen LogP contribution is -2.39. The summed E-state index contributed by atoms with van der Waals surface area (Å²) in [5.41, 5.74) is -0.839. The summed E-state index contributed by atoms with van der Waals surface area (Å²) in [6.07, 6.45) is 2.42. The highest BCUT2D eigenvalue weighted by atomic mass is 16.5. The fourth-order valence-electron chi connectivity index (χ4n) is 2.52. The van der Waals surface area contributed by atoms with E-state index in [-0.39, 0.29) is 6.61 Å². The van der Waals surface area contributed by atoms with E-state index in [4.69, 9.17) is 4.74 Å². The minimum Gasteiger partial charge on any atom is -0.491 e. The molecule has 1 fully saturated rings. The van der Waals surface area contributed by atoms with Gasteiger partial charge in [-0.25, -0.2) is 9.97 Å². The Balaban J connectivity index is 1.62. The van der Waals surface area contributed by atoms with Gasteiger partial charge < -0.3 is 14.7 Å². The molecule has 1 saturated heterocycles. The molecule has 0 radical (unpaired) electrons. The van der Waals surface area contributed by atoms with Crippen LogP contribution in [0.15, 0.2) is 42.6 Å². The second-order valence-electron chi connectivity index (χ2n) is 5.46. The molecule has 2 heterocycles. The van der Waals surface area contributed by atoms with Crippen LogP contribution in [-0.4, -0.2) is 40.4 Å². The van der Waals surface area contributed by atoms with Gasteiger partial charge in [0.05, 0.1) is 6.54 Å². The molecule has 0 bridgehead atoms. The van der Waals surface area contributed by atoms with Crippen molar-refractivity contribution < 1.29 is 9.84 Å². The quantitative estimate of drug-likeness (QED) is 0.928. The van der Waals surface area contributed by atoms with Gasteiger partial charge in [-0.2, -0.15) is 0 Å². The van der Waals surface area contributed by atoms with Crippen molar-refractivity contribution in [2.24, 2.45) is 0 Å². The smallest absolute Gasteiger partial charge is 0.132 e. The van der Waals surface area contributed by atoms with Crippen molar-refractivity contribution in [1.82, 2.24) is 9.97 Å². The van der Waals surface area contributed by atoms with Crippen LogP contribution in [0.5, 0.6) is 5.75 Å². The van der Waals surface area contributed by atoms with Gasteiger partial charge in [0.25, 0.3) is 0 Å². The Labute approximate surface area is 124 Å². The average molecular weight is 285 g/mol. The molecule has 1 aromatic carbocycles. The fraction of sp³-hybridized carbons (Fsp3) is 0.375. The Morgan fingerprint density at radius 1 is 1.29 bits per heavy atom. The van der Waals surface area contributed by atoms with E-state index in [2.05, 4.69) is 14.9 Å². The summed E-state index contributed by atoms with van der Waals surface area (Å²) in [6, 6.07) is 11.4. The molecule has 2 aromatic rings. The second kappa shape index (κ2) is 5.69. The Hall–Kier alpha value is -2.14. The van der Waals surface area contributed by atoms with Gasteiger partial charge in [-0.1, -0.05) is 18.2 Å². The molecule has 0 unspecified atom stereocenters. The van der Waals surface area contributed by atoms with E-state index in [1.54, 1.807) is 6.20 Å². The first-order chi connectivity index (χ1) is 10.1. The largest absolute Gasteiger partial charge is 0.491 e. The number of hydrogen-bond acceptors (Lipinski definition) is 5. The number of aryl methyl sites for hydroxylation is 1. The molecule has 110 valence electrons. The van der Waals surface area contributed by atoms with Crippen LogP contribution in [0.4, 0.5) is 5.82 Å². The number of hydrogen-bond donors (Lipinski definition) is 1. The summed E-state index contributed by atoms with van der Waals surface area (Å²) in [5.74, 6) is 2.38. The molecule has 1 aromatic heterocycles. The fourth-order valence-corrected chi connectivity index (χ4v) is 2.52. The molecule has 0 spiro atoms. The van der Waals surface area contributed by atoms with Crippen molar-refractivity contribution in [3.05, 3.63) is 48.4 Å².